The molecule has 1 aromatic carbocycles. The number of hydrogen-bond acceptors (Lipinski definition) is 3. The third-order valence-corrected chi connectivity index (χ3v) is 3.15. The fourth-order valence-corrected chi connectivity index (χ4v) is 2.07. The van der Waals surface area contributed by atoms with Crippen LogP contribution in [0.1, 0.15) is 44.0 Å². The summed E-state index contributed by atoms with van der Waals surface area (Å²) in [5.74, 6) is 1.07. The first-order valence-corrected chi connectivity index (χ1v) is 7.29. The monoisotopic (exact) mass is 326 g/mol. The van der Waals surface area contributed by atoms with Crippen LogP contribution in [0.3, 0.4) is 0 Å². The van der Waals surface area contributed by atoms with Gasteiger partial charge in [-0.1, -0.05) is 15.9 Å². The van der Waals surface area contributed by atoms with Crippen molar-refractivity contribution in [3.05, 3.63) is 28.2 Å². The van der Waals surface area contributed by atoms with Crippen LogP contribution < -0.4 is 4.74 Å². The van der Waals surface area contributed by atoms with Gasteiger partial charge in [0.1, 0.15) is 11.4 Å². The van der Waals surface area contributed by atoms with Crippen molar-refractivity contribution in [1.82, 2.24) is 0 Å². The molecule has 1 saturated carbocycles. The van der Waals surface area contributed by atoms with Gasteiger partial charge < -0.3 is 9.47 Å². The van der Waals surface area contributed by atoms with E-state index < -0.39 is 5.60 Å². The third kappa shape index (κ3) is 4.86. The van der Waals surface area contributed by atoms with E-state index in [4.69, 9.17) is 9.47 Å². The molecule has 0 unspecified atom stereocenters. The maximum Gasteiger partial charge on any atom is 0.338 e. The molecule has 0 N–H and O–H groups in total. The van der Waals surface area contributed by atoms with Crippen LogP contribution in [0.25, 0.3) is 0 Å². The van der Waals surface area contributed by atoms with Crippen molar-refractivity contribution in [3.8, 4) is 5.75 Å². The van der Waals surface area contributed by atoms with Crippen LogP contribution in [0.15, 0.2) is 22.7 Å². The zero-order chi connectivity index (χ0) is 14.0. The predicted molar refractivity (Wildman–Crippen MR) is 77.5 cm³/mol. The second-order valence-corrected chi connectivity index (χ2v) is 6.85. The minimum atomic E-state index is -0.492. The Labute approximate surface area is 122 Å². The van der Waals surface area contributed by atoms with E-state index >= 15 is 0 Å². The van der Waals surface area contributed by atoms with Crippen molar-refractivity contribution >= 4 is 21.9 Å². The molecule has 0 amide bonds. The third-order valence-electron chi connectivity index (χ3n) is 2.69. The molecule has 1 aliphatic carbocycles. The minimum absolute atomic E-state index is 0.329. The SMILES string of the molecule is CC(C)(C)OC(=O)c1cc(Br)cc(OCC2CC2)c1. The lowest BCUT2D eigenvalue weighted by atomic mass is 10.1. The highest BCUT2D eigenvalue weighted by Crippen LogP contribution is 2.30. The average molecular weight is 327 g/mol. The molecule has 0 aromatic heterocycles. The van der Waals surface area contributed by atoms with Crippen LogP contribution in [0.2, 0.25) is 0 Å². The summed E-state index contributed by atoms with van der Waals surface area (Å²) in [5.41, 5.74) is 0.0177. The van der Waals surface area contributed by atoms with Gasteiger partial charge in [-0.25, -0.2) is 4.79 Å². The predicted octanol–water partition coefficient (Wildman–Crippen LogP) is 4.19. The van der Waals surface area contributed by atoms with Crippen LogP contribution in [0.4, 0.5) is 0 Å². The number of hydrogen-bond donors (Lipinski definition) is 0. The maximum absolute atomic E-state index is 12.0. The zero-order valence-corrected chi connectivity index (χ0v) is 13.1. The molecule has 1 aromatic rings. The number of esters is 1. The molecule has 1 fully saturated rings. The highest BCUT2D eigenvalue weighted by atomic mass is 79.9. The molecule has 0 spiro atoms. The molecule has 0 aliphatic heterocycles. The Kier molecular flexibility index (Phi) is 4.19. The fraction of sp³-hybridized carbons (Fsp3) is 0.533. The van der Waals surface area contributed by atoms with E-state index in [9.17, 15) is 4.79 Å². The standard InChI is InChI=1S/C15H19BrO3/c1-15(2,3)19-14(17)11-6-12(16)8-13(7-11)18-9-10-4-5-10/h6-8,10H,4-5,9H2,1-3H3. The van der Waals surface area contributed by atoms with Gasteiger partial charge in [-0.2, -0.15) is 0 Å². The van der Waals surface area contributed by atoms with Gasteiger partial charge in [0.25, 0.3) is 0 Å². The summed E-state index contributed by atoms with van der Waals surface area (Å²) in [4.78, 5) is 12.0. The highest BCUT2D eigenvalue weighted by Gasteiger charge is 2.23. The summed E-state index contributed by atoms with van der Waals surface area (Å²) < 4.78 is 11.9. The Morgan fingerprint density at radius 1 is 1.32 bits per heavy atom. The summed E-state index contributed by atoms with van der Waals surface area (Å²) in [6, 6.07) is 5.36. The summed E-state index contributed by atoms with van der Waals surface area (Å²) in [6.45, 7) is 6.29. The molecule has 2 rings (SSSR count). The van der Waals surface area contributed by atoms with E-state index in [2.05, 4.69) is 15.9 Å². The van der Waals surface area contributed by atoms with Gasteiger partial charge in [-0.3, -0.25) is 0 Å². The van der Waals surface area contributed by atoms with E-state index in [1.807, 2.05) is 26.8 Å². The lowest BCUT2D eigenvalue weighted by Gasteiger charge is -2.19. The van der Waals surface area contributed by atoms with Gasteiger partial charge in [0, 0.05) is 4.47 Å². The van der Waals surface area contributed by atoms with Crippen molar-refractivity contribution < 1.29 is 14.3 Å². The molecule has 3 nitrogen and oxygen atoms in total. The Hall–Kier alpha value is -1.03. The van der Waals surface area contributed by atoms with Crippen molar-refractivity contribution in [2.75, 3.05) is 6.61 Å². The molecule has 1 aliphatic rings. The lowest BCUT2D eigenvalue weighted by Crippen LogP contribution is -2.23. The molecule has 4 heteroatoms. The van der Waals surface area contributed by atoms with Gasteiger partial charge in [0.2, 0.25) is 0 Å². The fourth-order valence-electron chi connectivity index (χ4n) is 1.60. The van der Waals surface area contributed by atoms with Crippen LogP contribution in [-0.4, -0.2) is 18.2 Å². The normalized spacial score (nSPS) is 15.2. The van der Waals surface area contributed by atoms with Crippen LogP contribution in [-0.2, 0) is 4.74 Å². The minimum Gasteiger partial charge on any atom is -0.493 e. The van der Waals surface area contributed by atoms with E-state index in [1.165, 1.54) is 12.8 Å². The summed E-state index contributed by atoms with van der Waals surface area (Å²) in [6.07, 6.45) is 2.49. The Balaban J connectivity index is 2.08. The molecule has 0 atom stereocenters. The largest absolute Gasteiger partial charge is 0.493 e. The van der Waals surface area contributed by atoms with E-state index in [0.29, 0.717) is 17.2 Å². The summed E-state index contributed by atoms with van der Waals surface area (Å²) >= 11 is 3.40. The first kappa shape index (κ1) is 14.4. The summed E-state index contributed by atoms with van der Waals surface area (Å²) in [5, 5.41) is 0. The summed E-state index contributed by atoms with van der Waals surface area (Å²) in [7, 11) is 0. The molecule has 19 heavy (non-hydrogen) atoms. The number of benzene rings is 1. The molecule has 0 bridgehead atoms. The molecule has 0 heterocycles. The molecular weight excluding hydrogens is 308 g/mol. The first-order valence-electron chi connectivity index (χ1n) is 6.50. The molecule has 0 saturated heterocycles. The van der Waals surface area contributed by atoms with Gasteiger partial charge in [0.15, 0.2) is 0 Å². The maximum atomic E-state index is 12.0. The van der Waals surface area contributed by atoms with Gasteiger partial charge in [-0.15, -0.1) is 0 Å². The van der Waals surface area contributed by atoms with Crippen LogP contribution in [0, 0.1) is 5.92 Å². The number of rotatable bonds is 4. The van der Waals surface area contributed by atoms with E-state index in [0.717, 1.165) is 11.1 Å². The second kappa shape index (κ2) is 5.53. The van der Waals surface area contributed by atoms with Gasteiger partial charge in [-0.05, 0) is 57.7 Å². The number of carbonyl (C=O) groups is 1. The zero-order valence-electron chi connectivity index (χ0n) is 11.5. The van der Waals surface area contributed by atoms with Crippen molar-refractivity contribution in [2.45, 2.75) is 39.2 Å². The second-order valence-electron chi connectivity index (χ2n) is 5.93. The Bertz CT molecular complexity index is 473. The van der Waals surface area contributed by atoms with Crippen molar-refractivity contribution in [3.63, 3.8) is 0 Å². The van der Waals surface area contributed by atoms with E-state index in [-0.39, 0.29) is 5.97 Å². The quantitative estimate of drug-likeness (QED) is 0.778. The molecular formula is C15H19BrO3. The van der Waals surface area contributed by atoms with Crippen molar-refractivity contribution in [2.24, 2.45) is 5.92 Å². The van der Waals surface area contributed by atoms with Crippen LogP contribution in [0.5, 0.6) is 5.75 Å². The van der Waals surface area contributed by atoms with Gasteiger partial charge in [0.05, 0.1) is 12.2 Å². The Morgan fingerprint density at radius 2 is 2.00 bits per heavy atom. The lowest BCUT2D eigenvalue weighted by molar-refractivity contribution is 0.00690. The van der Waals surface area contributed by atoms with Gasteiger partial charge >= 0.3 is 5.97 Å². The molecule has 104 valence electrons. The number of ether oxygens (including phenoxy) is 2. The van der Waals surface area contributed by atoms with Crippen molar-refractivity contribution in [1.29, 1.82) is 0 Å². The highest BCUT2D eigenvalue weighted by molar-refractivity contribution is 9.10. The smallest absolute Gasteiger partial charge is 0.338 e. The molecule has 0 radical (unpaired) electrons. The first-order chi connectivity index (χ1) is 8.83. The number of halogens is 1. The number of carbonyl (C=O) groups excluding carboxylic acids is 1. The topological polar surface area (TPSA) is 35.5 Å². The van der Waals surface area contributed by atoms with Crippen LogP contribution >= 0.6 is 15.9 Å². The Morgan fingerprint density at radius 3 is 2.58 bits per heavy atom. The average Bonchev–Trinajstić information content (AvgIpc) is 3.07. The van der Waals surface area contributed by atoms with E-state index in [1.54, 1.807) is 12.1 Å².